The van der Waals surface area contributed by atoms with Gasteiger partial charge >= 0.3 is 0 Å². The molecular weight excluding hydrogens is 409 g/mol. The molecule has 0 spiro atoms. The van der Waals surface area contributed by atoms with Crippen LogP contribution < -0.4 is 11.1 Å². The first-order valence-corrected chi connectivity index (χ1v) is 9.59. The Balaban J connectivity index is 1.90. The Morgan fingerprint density at radius 3 is 2.87 bits per heavy atom. The van der Waals surface area contributed by atoms with Crippen LogP contribution in [0.15, 0.2) is 30.3 Å². The number of nitro benzene ring substituents is 1. The molecule has 0 saturated carbocycles. The fraction of sp³-hybridized carbons (Fsp3) is 0.238. The molecule has 2 heterocycles. The van der Waals surface area contributed by atoms with Crippen LogP contribution in [0.25, 0.3) is 22.3 Å². The SMILES string of the molecule is CC1(C#Cc2cc3nc(-c4cccc(Cl)c4F)nc(N)c3cc2[N+](=O)[O-])CCNC1. The minimum absolute atomic E-state index is 0.00365. The van der Waals surface area contributed by atoms with Crippen LogP contribution in [0.2, 0.25) is 5.02 Å². The third-order valence-electron chi connectivity index (χ3n) is 5.10. The highest BCUT2D eigenvalue weighted by molar-refractivity contribution is 6.31. The van der Waals surface area contributed by atoms with E-state index in [-0.39, 0.29) is 38.9 Å². The predicted molar refractivity (Wildman–Crippen MR) is 113 cm³/mol. The second kappa shape index (κ2) is 7.52. The van der Waals surface area contributed by atoms with Gasteiger partial charge in [0.05, 0.1) is 21.0 Å². The van der Waals surface area contributed by atoms with Gasteiger partial charge in [-0.1, -0.05) is 29.5 Å². The Labute approximate surface area is 176 Å². The van der Waals surface area contributed by atoms with E-state index in [1.807, 2.05) is 6.92 Å². The van der Waals surface area contributed by atoms with Crippen LogP contribution in [0, 0.1) is 33.2 Å². The minimum Gasteiger partial charge on any atom is -0.383 e. The van der Waals surface area contributed by atoms with E-state index in [0.29, 0.717) is 17.4 Å². The van der Waals surface area contributed by atoms with E-state index in [9.17, 15) is 14.5 Å². The van der Waals surface area contributed by atoms with Crippen LogP contribution in [-0.2, 0) is 0 Å². The molecule has 1 aliphatic rings. The number of nitro groups is 1. The van der Waals surface area contributed by atoms with Gasteiger partial charge in [-0.25, -0.2) is 14.4 Å². The number of hydrogen-bond acceptors (Lipinski definition) is 6. The number of rotatable bonds is 2. The van der Waals surface area contributed by atoms with Gasteiger partial charge in [0.1, 0.15) is 11.4 Å². The number of hydrogen-bond donors (Lipinski definition) is 2. The molecule has 3 aromatic rings. The molecule has 0 bridgehead atoms. The first-order chi connectivity index (χ1) is 14.3. The highest BCUT2D eigenvalue weighted by Gasteiger charge is 2.26. The molecule has 1 saturated heterocycles. The predicted octanol–water partition coefficient (Wildman–Crippen LogP) is 3.93. The lowest BCUT2D eigenvalue weighted by atomic mass is 9.90. The van der Waals surface area contributed by atoms with Crippen molar-refractivity contribution in [3.05, 3.63) is 56.8 Å². The Morgan fingerprint density at radius 2 is 2.17 bits per heavy atom. The molecule has 0 amide bonds. The monoisotopic (exact) mass is 425 g/mol. The molecule has 152 valence electrons. The molecule has 9 heteroatoms. The highest BCUT2D eigenvalue weighted by Crippen LogP contribution is 2.32. The van der Waals surface area contributed by atoms with Crippen molar-refractivity contribution in [1.29, 1.82) is 0 Å². The summed E-state index contributed by atoms with van der Waals surface area (Å²) >= 11 is 5.86. The summed E-state index contributed by atoms with van der Waals surface area (Å²) in [6.07, 6.45) is 0.856. The van der Waals surface area contributed by atoms with Gasteiger partial charge in [0.2, 0.25) is 0 Å². The number of aromatic nitrogens is 2. The maximum atomic E-state index is 14.4. The maximum absolute atomic E-state index is 14.4. The number of nitrogens with two attached hydrogens (primary N) is 1. The average molecular weight is 426 g/mol. The number of nitrogen functional groups attached to an aromatic ring is 1. The third kappa shape index (κ3) is 3.65. The summed E-state index contributed by atoms with van der Waals surface area (Å²) in [5, 5.41) is 15.1. The second-order valence-corrected chi connectivity index (χ2v) is 7.82. The molecule has 7 nitrogen and oxygen atoms in total. The normalized spacial score (nSPS) is 18.2. The van der Waals surface area contributed by atoms with Crippen molar-refractivity contribution in [2.24, 2.45) is 5.41 Å². The first kappa shape index (κ1) is 20.0. The van der Waals surface area contributed by atoms with Gasteiger partial charge in [-0.3, -0.25) is 10.1 Å². The molecule has 1 aliphatic heterocycles. The first-order valence-electron chi connectivity index (χ1n) is 9.21. The van der Waals surface area contributed by atoms with Crippen LogP contribution in [0.1, 0.15) is 18.9 Å². The summed E-state index contributed by atoms with van der Waals surface area (Å²) in [5.41, 5.74) is 6.23. The maximum Gasteiger partial charge on any atom is 0.285 e. The summed E-state index contributed by atoms with van der Waals surface area (Å²) in [5.74, 6) is 5.46. The molecule has 3 N–H and O–H groups in total. The topological polar surface area (TPSA) is 107 Å². The fourth-order valence-corrected chi connectivity index (χ4v) is 3.55. The van der Waals surface area contributed by atoms with Crippen LogP contribution >= 0.6 is 11.6 Å². The zero-order chi connectivity index (χ0) is 21.5. The quantitative estimate of drug-likeness (QED) is 0.366. The number of fused-ring (bicyclic) bond motifs is 1. The molecule has 1 fully saturated rings. The van der Waals surface area contributed by atoms with Gasteiger partial charge in [-0.2, -0.15) is 0 Å². The van der Waals surface area contributed by atoms with E-state index in [4.69, 9.17) is 17.3 Å². The van der Waals surface area contributed by atoms with Crippen molar-refractivity contribution >= 4 is 34.0 Å². The number of nitrogens with zero attached hydrogens (tertiary/aromatic N) is 3. The van der Waals surface area contributed by atoms with Crippen molar-refractivity contribution in [1.82, 2.24) is 15.3 Å². The lowest BCUT2D eigenvalue weighted by molar-refractivity contribution is -0.385. The van der Waals surface area contributed by atoms with Gasteiger partial charge in [0.15, 0.2) is 11.6 Å². The number of benzene rings is 2. The summed E-state index contributed by atoms with van der Waals surface area (Å²) in [7, 11) is 0. The second-order valence-electron chi connectivity index (χ2n) is 7.41. The van der Waals surface area contributed by atoms with E-state index in [0.717, 1.165) is 13.0 Å². The lowest BCUT2D eigenvalue weighted by Crippen LogP contribution is -2.17. The minimum atomic E-state index is -0.665. The number of halogens is 2. The van der Waals surface area contributed by atoms with E-state index in [1.54, 1.807) is 6.07 Å². The van der Waals surface area contributed by atoms with E-state index in [1.165, 1.54) is 24.3 Å². The number of nitrogens with one attached hydrogen (secondary N) is 1. The molecule has 30 heavy (non-hydrogen) atoms. The van der Waals surface area contributed by atoms with Crippen molar-refractivity contribution in [2.45, 2.75) is 13.3 Å². The van der Waals surface area contributed by atoms with Gasteiger partial charge < -0.3 is 11.1 Å². The molecule has 4 rings (SSSR count). The zero-order valence-corrected chi connectivity index (χ0v) is 16.8. The molecule has 2 aromatic carbocycles. The van der Waals surface area contributed by atoms with Gasteiger partial charge in [0, 0.05) is 23.4 Å². The molecule has 0 aliphatic carbocycles. The fourth-order valence-electron chi connectivity index (χ4n) is 3.38. The summed E-state index contributed by atoms with van der Waals surface area (Å²) in [6.45, 7) is 3.57. The van der Waals surface area contributed by atoms with Gasteiger partial charge in [-0.15, -0.1) is 0 Å². The Bertz CT molecular complexity index is 1250. The van der Waals surface area contributed by atoms with E-state index in [2.05, 4.69) is 27.1 Å². The standard InChI is InChI=1S/C21H17ClFN5O2/c1-21(7-8-25-11-21)6-5-12-9-16-14(10-17(12)28(29)30)19(24)27-20(26-16)13-3-2-4-15(22)18(13)23/h2-4,9-10,25H,7-8,11H2,1H3,(H2,24,26,27). The van der Waals surface area contributed by atoms with Gasteiger partial charge in [0.25, 0.3) is 5.69 Å². The van der Waals surface area contributed by atoms with Crippen molar-refractivity contribution < 1.29 is 9.31 Å². The summed E-state index contributed by atoms with van der Waals surface area (Å²) in [6, 6.07) is 7.29. The third-order valence-corrected chi connectivity index (χ3v) is 5.39. The van der Waals surface area contributed by atoms with Crippen LogP contribution in [0.4, 0.5) is 15.9 Å². The summed E-state index contributed by atoms with van der Waals surface area (Å²) < 4.78 is 14.4. The molecule has 1 atom stereocenters. The molecule has 1 aromatic heterocycles. The smallest absolute Gasteiger partial charge is 0.285 e. The zero-order valence-electron chi connectivity index (χ0n) is 16.0. The Morgan fingerprint density at radius 1 is 1.37 bits per heavy atom. The lowest BCUT2D eigenvalue weighted by Gasteiger charge is -2.13. The largest absolute Gasteiger partial charge is 0.383 e. The van der Waals surface area contributed by atoms with E-state index >= 15 is 0 Å². The molecular formula is C21H17ClFN5O2. The molecule has 0 radical (unpaired) electrons. The van der Waals surface area contributed by atoms with Gasteiger partial charge in [-0.05, 0) is 38.1 Å². The van der Waals surface area contributed by atoms with Crippen LogP contribution in [0.3, 0.4) is 0 Å². The van der Waals surface area contributed by atoms with Crippen molar-refractivity contribution in [3.8, 4) is 23.2 Å². The van der Waals surface area contributed by atoms with Crippen molar-refractivity contribution in [3.63, 3.8) is 0 Å². The summed E-state index contributed by atoms with van der Waals surface area (Å²) in [4.78, 5) is 19.6. The average Bonchev–Trinajstić information content (AvgIpc) is 3.14. The van der Waals surface area contributed by atoms with E-state index < -0.39 is 10.7 Å². The highest BCUT2D eigenvalue weighted by atomic mass is 35.5. The number of anilines is 1. The molecule has 1 unspecified atom stereocenters. The van der Waals surface area contributed by atoms with Crippen LogP contribution in [0.5, 0.6) is 0 Å². The van der Waals surface area contributed by atoms with Crippen LogP contribution in [-0.4, -0.2) is 28.0 Å². The Kier molecular flexibility index (Phi) is 5.02. The Hall–Kier alpha value is -3.28. The van der Waals surface area contributed by atoms with Crippen molar-refractivity contribution in [2.75, 3.05) is 18.8 Å².